The highest BCUT2D eigenvalue weighted by molar-refractivity contribution is 6.32. The molecule has 2 amide bonds. The molecular weight excluding hydrogens is 380 g/mol. The fourth-order valence-corrected chi connectivity index (χ4v) is 3.45. The van der Waals surface area contributed by atoms with Gasteiger partial charge >= 0.3 is 0 Å². The maximum absolute atomic E-state index is 12.8. The number of methoxy groups -OCH3 is 2. The number of hydrogen-bond donors (Lipinski definition) is 1. The van der Waals surface area contributed by atoms with E-state index in [2.05, 4.69) is 5.32 Å². The summed E-state index contributed by atoms with van der Waals surface area (Å²) in [6.07, 6.45) is 0.159. The van der Waals surface area contributed by atoms with Crippen molar-refractivity contribution in [2.75, 3.05) is 31.0 Å². The Kier molecular flexibility index (Phi) is 5.79. The first-order valence-electron chi connectivity index (χ1n) is 8.94. The number of hydrogen-bond acceptors (Lipinski definition) is 4. The number of carbonyl (C=O) groups is 2. The van der Waals surface area contributed by atoms with Gasteiger partial charge in [0, 0.05) is 30.8 Å². The molecule has 2 aromatic rings. The van der Waals surface area contributed by atoms with Gasteiger partial charge in [-0.3, -0.25) is 9.59 Å². The standard InChI is InChI=1S/C21H23ClN2O4/c1-12-5-6-15(7-13(12)2)24-11-14(8-20(24)25)21(26)23-17-10-18(27-3)16(22)9-19(17)28-4/h5-7,9-10,14H,8,11H2,1-4H3,(H,23,26)/t14-/m0/s1. The largest absolute Gasteiger partial charge is 0.495 e. The van der Waals surface area contributed by atoms with Crippen molar-refractivity contribution in [2.45, 2.75) is 20.3 Å². The summed E-state index contributed by atoms with van der Waals surface area (Å²) < 4.78 is 10.5. The van der Waals surface area contributed by atoms with Crippen LogP contribution < -0.4 is 19.7 Å². The zero-order valence-electron chi connectivity index (χ0n) is 16.3. The molecule has 2 aromatic carbocycles. The predicted molar refractivity (Wildman–Crippen MR) is 110 cm³/mol. The third-order valence-corrected chi connectivity index (χ3v) is 5.33. The third-order valence-electron chi connectivity index (χ3n) is 5.03. The number of nitrogens with zero attached hydrogens (tertiary/aromatic N) is 1. The second-order valence-electron chi connectivity index (χ2n) is 6.85. The van der Waals surface area contributed by atoms with Crippen molar-refractivity contribution in [1.29, 1.82) is 0 Å². The molecule has 1 saturated heterocycles. The van der Waals surface area contributed by atoms with Crippen LogP contribution in [-0.4, -0.2) is 32.6 Å². The molecule has 1 heterocycles. The molecule has 0 radical (unpaired) electrons. The molecule has 0 saturated carbocycles. The van der Waals surface area contributed by atoms with Crippen LogP contribution in [0.5, 0.6) is 11.5 Å². The zero-order chi connectivity index (χ0) is 20.4. The molecule has 3 rings (SSSR count). The van der Waals surface area contributed by atoms with Crippen molar-refractivity contribution < 1.29 is 19.1 Å². The van der Waals surface area contributed by atoms with Gasteiger partial charge in [0.2, 0.25) is 11.8 Å². The first-order valence-corrected chi connectivity index (χ1v) is 9.31. The van der Waals surface area contributed by atoms with Crippen molar-refractivity contribution in [3.05, 3.63) is 46.5 Å². The van der Waals surface area contributed by atoms with Gasteiger partial charge < -0.3 is 19.7 Å². The van der Waals surface area contributed by atoms with E-state index in [4.69, 9.17) is 21.1 Å². The van der Waals surface area contributed by atoms with Crippen LogP contribution in [-0.2, 0) is 9.59 Å². The molecule has 1 fully saturated rings. The Morgan fingerprint density at radius 3 is 2.46 bits per heavy atom. The lowest BCUT2D eigenvalue weighted by Crippen LogP contribution is -2.28. The van der Waals surface area contributed by atoms with Crippen molar-refractivity contribution in [2.24, 2.45) is 5.92 Å². The SMILES string of the molecule is COc1cc(NC(=O)[C@H]2CC(=O)N(c3ccc(C)c(C)c3)C2)c(OC)cc1Cl. The van der Waals surface area contributed by atoms with E-state index in [1.165, 1.54) is 14.2 Å². The Labute approximate surface area is 169 Å². The van der Waals surface area contributed by atoms with E-state index in [1.54, 1.807) is 17.0 Å². The molecule has 28 heavy (non-hydrogen) atoms. The second-order valence-corrected chi connectivity index (χ2v) is 7.26. The maximum atomic E-state index is 12.8. The summed E-state index contributed by atoms with van der Waals surface area (Å²) in [6, 6.07) is 9.05. The van der Waals surface area contributed by atoms with Crippen LogP contribution >= 0.6 is 11.6 Å². The molecule has 0 spiro atoms. The summed E-state index contributed by atoms with van der Waals surface area (Å²) in [5.41, 5.74) is 3.53. The van der Waals surface area contributed by atoms with Crippen LogP contribution in [0.2, 0.25) is 5.02 Å². The average Bonchev–Trinajstić information content (AvgIpc) is 3.06. The van der Waals surface area contributed by atoms with Crippen LogP contribution in [0.15, 0.2) is 30.3 Å². The quantitative estimate of drug-likeness (QED) is 0.821. The molecule has 1 aliphatic heterocycles. The highest BCUT2D eigenvalue weighted by atomic mass is 35.5. The maximum Gasteiger partial charge on any atom is 0.229 e. The summed E-state index contributed by atoms with van der Waals surface area (Å²) in [7, 11) is 2.99. The summed E-state index contributed by atoms with van der Waals surface area (Å²) in [6.45, 7) is 4.36. The number of halogens is 1. The number of benzene rings is 2. The fourth-order valence-electron chi connectivity index (χ4n) is 3.22. The Hall–Kier alpha value is -2.73. The number of nitrogens with one attached hydrogen (secondary N) is 1. The van der Waals surface area contributed by atoms with E-state index in [0.29, 0.717) is 28.8 Å². The summed E-state index contributed by atoms with van der Waals surface area (Å²) in [5.74, 6) is 0.0819. The van der Waals surface area contributed by atoms with Gasteiger partial charge in [0.1, 0.15) is 11.5 Å². The van der Waals surface area contributed by atoms with Gasteiger partial charge in [-0.25, -0.2) is 0 Å². The number of anilines is 2. The number of aryl methyl sites for hydroxylation is 2. The van der Waals surface area contributed by atoms with E-state index < -0.39 is 5.92 Å². The lowest BCUT2D eigenvalue weighted by Gasteiger charge is -2.18. The van der Waals surface area contributed by atoms with E-state index in [-0.39, 0.29) is 18.2 Å². The molecular formula is C21H23ClN2O4. The molecule has 1 atom stereocenters. The molecule has 1 N–H and O–H groups in total. The summed E-state index contributed by atoms with van der Waals surface area (Å²) >= 11 is 6.10. The minimum Gasteiger partial charge on any atom is -0.495 e. The van der Waals surface area contributed by atoms with Gasteiger partial charge in [0.05, 0.1) is 30.8 Å². The summed E-state index contributed by atoms with van der Waals surface area (Å²) in [4.78, 5) is 26.9. The van der Waals surface area contributed by atoms with E-state index in [9.17, 15) is 9.59 Å². The molecule has 1 aliphatic rings. The van der Waals surface area contributed by atoms with Crippen LogP contribution in [0.4, 0.5) is 11.4 Å². The Bertz CT molecular complexity index is 929. The first kappa shape index (κ1) is 20.0. The molecule has 6 nitrogen and oxygen atoms in total. The third kappa shape index (κ3) is 3.92. The minimum atomic E-state index is -0.458. The van der Waals surface area contributed by atoms with Crippen molar-refractivity contribution in [3.63, 3.8) is 0 Å². The van der Waals surface area contributed by atoms with Gasteiger partial charge in [0.25, 0.3) is 0 Å². The van der Waals surface area contributed by atoms with Crippen molar-refractivity contribution in [1.82, 2.24) is 0 Å². The van der Waals surface area contributed by atoms with E-state index in [1.807, 2.05) is 32.0 Å². The molecule has 148 valence electrons. The van der Waals surface area contributed by atoms with Crippen LogP contribution in [0.3, 0.4) is 0 Å². The number of carbonyl (C=O) groups excluding carboxylic acids is 2. The lowest BCUT2D eigenvalue weighted by molar-refractivity contribution is -0.122. The highest BCUT2D eigenvalue weighted by Crippen LogP contribution is 2.36. The summed E-state index contributed by atoms with van der Waals surface area (Å²) in [5, 5.41) is 3.22. The normalized spacial score (nSPS) is 16.2. The fraction of sp³-hybridized carbons (Fsp3) is 0.333. The molecule has 0 unspecified atom stereocenters. The van der Waals surface area contributed by atoms with Gasteiger partial charge in [-0.05, 0) is 37.1 Å². The van der Waals surface area contributed by atoms with Crippen LogP contribution in [0, 0.1) is 19.8 Å². The minimum absolute atomic E-state index is 0.0657. The molecule has 0 aliphatic carbocycles. The van der Waals surface area contributed by atoms with Gasteiger partial charge in [-0.2, -0.15) is 0 Å². The second kappa shape index (κ2) is 8.10. The van der Waals surface area contributed by atoms with Gasteiger partial charge in [0.15, 0.2) is 0 Å². The molecule has 7 heteroatoms. The Balaban J connectivity index is 1.77. The van der Waals surface area contributed by atoms with Gasteiger partial charge in [-0.15, -0.1) is 0 Å². The van der Waals surface area contributed by atoms with Crippen molar-refractivity contribution in [3.8, 4) is 11.5 Å². The molecule has 0 bridgehead atoms. The highest BCUT2D eigenvalue weighted by Gasteiger charge is 2.35. The Morgan fingerprint density at radius 1 is 1.11 bits per heavy atom. The molecule has 0 aromatic heterocycles. The Morgan fingerprint density at radius 2 is 1.82 bits per heavy atom. The lowest BCUT2D eigenvalue weighted by atomic mass is 10.1. The van der Waals surface area contributed by atoms with Gasteiger partial charge in [-0.1, -0.05) is 17.7 Å². The van der Waals surface area contributed by atoms with E-state index in [0.717, 1.165) is 16.8 Å². The van der Waals surface area contributed by atoms with Crippen molar-refractivity contribution >= 4 is 34.8 Å². The van der Waals surface area contributed by atoms with Crippen LogP contribution in [0.25, 0.3) is 0 Å². The topological polar surface area (TPSA) is 67.9 Å². The zero-order valence-corrected chi connectivity index (χ0v) is 17.1. The number of ether oxygens (including phenoxy) is 2. The predicted octanol–water partition coefficient (Wildman–Crippen LogP) is 3.97. The monoisotopic (exact) mass is 402 g/mol. The number of rotatable bonds is 5. The smallest absolute Gasteiger partial charge is 0.229 e. The van der Waals surface area contributed by atoms with E-state index >= 15 is 0 Å². The van der Waals surface area contributed by atoms with Crippen LogP contribution in [0.1, 0.15) is 17.5 Å². The first-order chi connectivity index (χ1) is 13.3. The number of amides is 2. The average molecular weight is 403 g/mol.